The molecule has 0 unspecified atom stereocenters. The summed E-state index contributed by atoms with van der Waals surface area (Å²) in [6.45, 7) is 0.467. The fraction of sp³-hybridized carbons (Fsp3) is 0.143. The van der Waals surface area contributed by atoms with E-state index in [-0.39, 0.29) is 16.4 Å². The lowest BCUT2D eigenvalue weighted by atomic mass is 10.2. The molecule has 1 N–H and O–H groups in total. The second-order valence-electron chi connectivity index (χ2n) is 4.68. The SMILES string of the molecule is FC(F)(F)c1nc(-c2cnc(NCc3ccncc3)c(Cl)c2)no1. The minimum atomic E-state index is -4.70. The number of rotatable bonds is 4. The van der Waals surface area contributed by atoms with Crippen LogP contribution < -0.4 is 5.32 Å². The number of anilines is 1. The standard InChI is InChI=1S/C14H9ClF3N5O/c15-10-5-9(11-22-13(24-23-11)14(16,17)18)7-21-12(10)20-6-8-1-3-19-4-2-8/h1-5,7H,6H2,(H,20,21). The van der Waals surface area contributed by atoms with Crippen LogP contribution in [0.1, 0.15) is 11.5 Å². The van der Waals surface area contributed by atoms with Gasteiger partial charge in [-0.2, -0.15) is 18.2 Å². The molecule has 0 saturated carbocycles. The van der Waals surface area contributed by atoms with E-state index in [4.69, 9.17) is 11.6 Å². The summed E-state index contributed by atoms with van der Waals surface area (Å²) in [4.78, 5) is 11.3. The highest BCUT2D eigenvalue weighted by molar-refractivity contribution is 6.33. The van der Waals surface area contributed by atoms with Crippen molar-refractivity contribution in [1.82, 2.24) is 20.1 Å². The molecule has 0 radical (unpaired) electrons. The monoisotopic (exact) mass is 355 g/mol. The Kier molecular flexibility index (Phi) is 4.34. The summed E-state index contributed by atoms with van der Waals surface area (Å²) in [5.41, 5.74) is 1.19. The maximum Gasteiger partial charge on any atom is 0.471 e. The molecular weight excluding hydrogens is 347 g/mol. The number of pyridine rings is 2. The molecule has 0 amide bonds. The first kappa shape index (κ1) is 16.2. The third-order valence-electron chi connectivity index (χ3n) is 2.98. The zero-order valence-electron chi connectivity index (χ0n) is 11.9. The first-order valence-corrected chi connectivity index (χ1v) is 7.01. The van der Waals surface area contributed by atoms with Gasteiger partial charge in [0.15, 0.2) is 0 Å². The second-order valence-corrected chi connectivity index (χ2v) is 5.09. The third kappa shape index (κ3) is 3.62. The average Bonchev–Trinajstić information content (AvgIpc) is 3.05. The lowest BCUT2D eigenvalue weighted by Gasteiger charge is -2.07. The van der Waals surface area contributed by atoms with Crippen LogP contribution in [-0.2, 0) is 12.7 Å². The Morgan fingerprint density at radius 1 is 1.21 bits per heavy atom. The number of hydrogen-bond donors (Lipinski definition) is 1. The van der Waals surface area contributed by atoms with Gasteiger partial charge in [-0.25, -0.2) is 4.98 Å². The molecule has 0 saturated heterocycles. The van der Waals surface area contributed by atoms with Gasteiger partial charge in [0.2, 0.25) is 5.82 Å². The number of nitrogens with one attached hydrogen (secondary N) is 1. The number of aromatic nitrogens is 4. The molecule has 124 valence electrons. The van der Waals surface area contributed by atoms with Gasteiger partial charge in [0.25, 0.3) is 0 Å². The Hall–Kier alpha value is -2.68. The Labute approximate surface area is 138 Å². The highest BCUT2D eigenvalue weighted by Gasteiger charge is 2.38. The van der Waals surface area contributed by atoms with E-state index in [0.717, 1.165) is 5.56 Å². The van der Waals surface area contributed by atoms with Crippen LogP contribution >= 0.6 is 11.6 Å². The van der Waals surface area contributed by atoms with E-state index >= 15 is 0 Å². The van der Waals surface area contributed by atoms with E-state index in [1.54, 1.807) is 12.4 Å². The average molecular weight is 356 g/mol. The van der Waals surface area contributed by atoms with E-state index in [9.17, 15) is 13.2 Å². The van der Waals surface area contributed by atoms with E-state index in [2.05, 4.69) is 29.9 Å². The summed E-state index contributed by atoms with van der Waals surface area (Å²) in [5.74, 6) is -1.28. The van der Waals surface area contributed by atoms with E-state index in [1.165, 1.54) is 12.3 Å². The molecule has 0 aliphatic heterocycles. The molecule has 6 nitrogen and oxygen atoms in total. The molecule has 0 aliphatic carbocycles. The van der Waals surface area contributed by atoms with Crippen LogP contribution in [0.15, 0.2) is 41.3 Å². The molecule has 10 heteroatoms. The predicted octanol–water partition coefficient (Wildman–Crippen LogP) is 3.81. The fourth-order valence-electron chi connectivity index (χ4n) is 1.83. The lowest BCUT2D eigenvalue weighted by Crippen LogP contribution is -2.05. The zero-order valence-corrected chi connectivity index (χ0v) is 12.6. The van der Waals surface area contributed by atoms with Crippen molar-refractivity contribution in [3.63, 3.8) is 0 Å². The van der Waals surface area contributed by atoms with Gasteiger partial charge in [0.05, 0.1) is 5.02 Å². The summed E-state index contributed by atoms with van der Waals surface area (Å²) < 4.78 is 41.6. The molecule has 0 fully saturated rings. The predicted molar refractivity (Wildman–Crippen MR) is 79.1 cm³/mol. The van der Waals surface area contributed by atoms with Crippen molar-refractivity contribution in [3.05, 3.63) is 53.3 Å². The number of nitrogens with zero attached hydrogens (tertiary/aromatic N) is 4. The Morgan fingerprint density at radius 3 is 2.58 bits per heavy atom. The summed E-state index contributed by atoms with van der Waals surface area (Å²) in [7, 11) is 0. The quantitative estimate of drug-likeness (QED) is 0.767. The summed E-state index contributed by atoms with van der Waals surface area (Å²) in [5, 5.41) is 6.53. The smallest absolute Gasteiger partial charge is 0.365 e. The van der Waals surface area contributed by atoms with Crippen molar-refractivity contribution in [2.75, 3.05) is 5.32 Å². The van der Waals surface area contributed by atoms with Gasteiger partial charge in [0.1, 0.15) is 5.82 Å². The summed E-state index contributed by atoms with van der Waals surface area (Å²) in [6.07, 6.45) is -0.0759. The molecule has 0 atom stereocenters. The third-order valence-corrected chi connectivity index (χ3v) is 3.27. The highest BCUT2D eigenvalue weighted by Crippen LogP contribution is 2.30. The Balaban J connectivity index is 1.76. The lowest BCUT2D eigenvalue weighted by molar-refractivity contribution is -0.159. The molecule has 3 heterocycles. The summed E-state index contributed by atoms with van der Waals surface area (Å²) >= 11 is 6.10. The maximum atomic E-state index is 12.5. The van der Waals surface area contributed by atoms with Crippen molar-refractivity contribution in [2.24, 2.45) is 0 Å². The van der Waals surface area contributed by atoms with Crippen molar-refractivity contribution in [3.8, 4) is 11.4 Å². The van der Waals surface area contributed by atoms with Crippen molar-refractivity contribution < 1.29 is 17.7 Å². The van der Waals surface area contributed by atoms with Crippen molar-refractivity contribution in [2.45, 2.75) is 12.7 Å². The fourth-order valence-corrected chi connectivity index (χ4v) is 2.07. The van der Waals surface area contributed by atoms with Crippen LogP contribution in [0.3, 0.4) is 0 Å². The Bertz CT molecular complexity index is 838. The van der Waals surface area contributed by atoms with Gasteiger partial charge in [-0.1, -0.05) is 16.8 Å². The summed E-state index contributed by atoms with van der Waals surface area (Å²) in [6, 6.07) is 5.06. The normalized spacial score (nSPS) is 11.5. The van der Waals surface area contributed by atoms with Crippen LogP contribution in [-0.4, -0.2) is 20.1 Å². The molecule has 0 spiro atoms. The van der Waals surface area contributed by atoms with Crippen LogP contribution in [0, 0.1) is 0 Å². The first-order chi connectivity index (χ1) is 11.4. The highest BCUT2D eigenvalue weighted by atomic mass is 35.5. The topological polar surface area (TPSA) is 76.7 Å². The van der Waals surface area contributed by atoms with E-state index < -0.39 is 12.1 Å². The number of hydrogen-bond acceptors (Lipinski definition) is 6. The van der Waals surface area contributed by atoms with Gasteiger partial charge in [-0.3, -0.25) is 4.98 Å². The molecule has 0 bridgehead atoms. The van der Waals surface area contributed by atoms with Crippen molar-refractivity contribution >= 4 is 17.4 Å². The van der Waals surface area contributed by atoms with Crippen LogP contribution in [0.25, 0.3) is 11.4 Å². The molecule has 3 rings (SSSR count). The molecule has 3 aromatic rings. The van der Waals surface area contributed by atoms with Gasteiger partial charge in [-0.15, -0.1) is 0 Å². The van der Waals surface area contributed by atoms with Gasteiger partial charge < -0.3 is 9.84 Å². The van der Waals surface area contributed by atoms with Gasteiger partial charge in [0, 0.05) is 30.7 Å². The second kappa shape index (κ2) is 6.44. The van der Waals surface area contributed by atoms with Crippen LogP contribution in [0.2, 0.25) is 5.02 Å². The molecule has 24 heavy (non-hydrogen) atoms. The van der Waals surface area contributed by atoms with E-state index in [1.807, 2.05) is 12.1 Å². The van der Waals surface area contributed by atoms with E-state index in [0.29, 0.717) is 12.4 Å². The van der Waals surface area contributed by atoms with Crippen LogP contribution in [0.5, 0.6) is 0 Å². The van der Waals surface area contributed by atoms with Gasteiger partial charge in [-0.05, 0) is 23.8 Å². The minimum Gasteiger partial charge on any atom is -0.365 e. The molecule has 0 aliphatic rings. The van der Waals surface area contributed by atoms with Gasteiger partial charge >= 0.3 is 12.1 Å². The Morgan fingerprint density at radius 2 is 1.96 bits per heavy atom. The maximum absolute atomic E-state index is 12.5. The van der Waals surface area contributed by atoms with Crippen LogP contribution in [0.4, 0.5) is 19.0 Å². The number of alkyl halides is 3. The molecule has 0 aromatic carbocycles. The first-order valence-electron chi connectivity index (χ1n) is 6.63. The minimum absolute atomic E-state index is 0.216. The number of halogens is 4. The zero-order chi connectivity index (χ0) is 17.2. The largest absolute Gasteiger partial charge is 0.471 e. The molecular formula is C14H9ClF3N5O. The van der Waals surface area contributed by atoms with Crippen molar-refractivity contribution in [1.29, 1.82) is 0 Å². The molecule has 3 aromatic heterocycles.